The van der Waals surface area contributed by atoms with E-state index in [1.54, 1.807) is 0 Å². The van der Waals surface area contributed by atoms with E-state index in [2.05, 4.69) is 10.1 Å². The summed E-state index contributed by atoms with van der Waals surface area (Å²) in [5.74, 6) is 1.44. The van der Waals surface area contributed by atoms with Crippen LogP contribution in [0.2, 0.25) is 0 Å². The first-order chi connectivity index (χ1) is 8.34. The Morgan fingerprint density at radius 3 is 2.88 bits per heavy atom. The van der Waals surface area contributed by atoms with Crippen LogP contribution in [0.3, 0.4) is 0 Å². The second kappa shape index (κ2) is 4.72. The molecule has 0 bridgehead atoms. The molecule has 6 heteroatoms. The van der Waals surface area contributed by atoms with Gasteiger partial charge in [0.05, 0.1) is 25.7 Å². The van der Waals surface area contributed by atoms with Crippen LogP contribution in [0, 0.1) is 0 Å². The van der Waals surface area contributed by atoms with Crippen LogP contribution in [0.5, 0.6) is 0 Å². The molecule has 6 nitrogen and oxygen atoms in total. The van der Waals surface area contributed by atoms with Crippen LogP contribution in [0.25, 0.3) is 0 Å². The van der Waals surface area contributed by atoms with Crippen molar-refractivity contribution in [2.75, 3.05) is 19.8 Å². The summed E-state index contributed by atoms with van der Waals surface area (Å²) in [4.78, 5) is 4.40. The Hall–Kier alpha value is -0.980. The molecule has 94 valence electrons. The highest BCUT2D eigenvalue weighted by molar-refractivity contribution is 5.03. The molecule has 2 N–H and O–H groups in total. The molecule has 3 unspecified atom stereocenters. The van der Waals surface area contributed by atoms with Crippen LogP contribution in [0.1, 0.15) is 43.0 Å². The minimum Gasteiger partial charge on any atom is -0.376 e. The number of nitrogens with two attached hydrogens (primary N) is 1. The summed E-state index contributed by atoms with van der Waals surface area (Å²) in [6, 6.07) is 0.145. The van der Waals surface area contributed by atoms with Gasteiger partial charge >= 0.3 is 0 Å². The van der Waals surface area contributed by atoms with E-state index in [-0.39, 0.29) is 18.1 Å². The molecule has 2 heterocycles. The van der Waals surface area contributed by atoms with E-state index >= 15 is 0 Å². The SMILES string of the molecule is NC1CCCC1c1nc(C2COCCO2)no1. The fourth-order valence-corrected chi connectivity index (χ4v) is 2.46. The zero-order valence-corrected chi connectivity index (χ0v) is 9.67. The number of ether oxygens (including phenoxy) is 2. The third kappa shape index (κ3) is 2.20. The van der Waals surface area contributed by atoms with Gasteiger partial charge < -0.3 is 19.7 Å². The van der Waals surface area contributed by atoms with Gasteiger partial charge in [0.2, 0.25) is 11.7 Å². The van der Waals surface area contributed by atoms with Crippen molar-refractivity contribution in [1.82, 2.24) is 10.1 Å². The largest absolute Gasteiger partial charge is 0.376 e. The van der Waals surface area contributed by atoms with E-state index in [9.17, 15) is 0 Å². The maximum Gasteiger partial charge on any atom is 0.231 e. The van der Waals surface area contributed by atoms with Crippen LogP contribution < -0.4 is 5.73 Å². The van der Waals surface area contributed by atoms with Gasteiger partial charge in [0.15, 0.2) is 0 Å². The summed E-state index contributed by atoms with van der Waals surface area (Å²) in [7, 11) is 0. The highest BCUT2D eigenvalue weighted by atomic mass is 16.6. The van der Waals surface area contributed by atoms with E-state index in [4.69, 9.17) is 19.7 Å². The van der Waals surface area contributed by atoms with Gasteiger partial charge in [-0.05, 0) is 12.8 Å². The van der Waals surface area contributed by atoms with Crippen molar-refractivity contribution < 1.29 is 14.0 Å². The van der Waals surface area contributed by atoms with Crippen LogP contribution in [-0.2, 0) is 9.47 Å². The highest BCUT2D eigenvalue weighted by Crippen LogP contribution is 2.33. The predicted molar refractivity (Wildman–Crippen MR) is 58.4 cm³/mol. The molecule has 1 aliphatic heterocycles. The molecule has 0 radical (unpaired) electrons. The van der Waals surface area contributed by atoms with Gasteiger partial charge in [-0.2, -0.15) is 4.98 Å². The van der Waals surface area contributed by atoms with Crippen LogP contribution in [0.15, 0.2) is 4.52 Å². The molecule has 3 atom stereocenters. The fraction of sp³-hybridized carbons (Fsp3) is 0.818. The quantitative estimate of drug-likeness (QED) is 0.820. The zero-order chi connectivity index (χ0) is 11.7. The van der Waals surface area contributed by atoms with Crippen LogP contribution >= 0.6 is 0 Å². The van der Waals surface area contributed by atoms with E-state index in [1.807, 2.05) is 0 Å². The average Bonchev–Trinajstić information content (AvgIpc) is 2.98. The van der Waals surface area contributed by atoms with Crippen molar-refractivity contribution in [1.29, 1.82) is 0 Å². The van der Waals surface area contributed by atoms with Gasteiger partial charge in [-0.15, -0.1) is 0 Å². The van der Waals surface area contributed by atoms with E-state index in [0.717, 1.165) is 19.3 Å². The number of aromatic nitrogens is 2. The summed E-state index contributed by atoms with van der Waals surface area (Å²) >= 11 is 0. The molecule has 17 heavy (non-hydrogen) atoms. The van der Waals surface area contributed by atoms with Crippen molar-refractivity contribution in [2.45, 2.75) is 37.3 Å². The summed E-state index contributed by atoms with van der Waals surface area (Å²) in [5.41, 5.74) is 6.02. The van der Waals surface area contributed by atoms with Gasteiger partial charge in [0.1, 0.15) is 6.10 Å². The molecule has 1 saturated carbocycles. The van der Waals surface area contributed by atoms with Crippen LogP contribution in [0.4, 0.5) is 0 Å². The van der Waals surface area contributed by atoms with E-state index in [1.165, 1.54) is 0 Å². The fourth-order valence-electron chi connectivity index (χ4n) is 2.46. The standard InChI is InChI=1S/C11H17N3O3/c12-8-3-1-2-7(8)11-13-10(14-17-11)9-6-15-4-5-16-9/h7-9H,1-6,12H2. The molecule has 3 rings (SSSR count). The molecule has 0 aromatic carbocycles. The summed E-state index contributed by atoms with van der Waals surface area (Å²) in [6.45, 7) is 1.71. The Labute approximate surface area is 99.5 Å². The summed E-state index contributed by atoms with van der Waals surface area (Å²) < 4.78 is 16.1. The van der Waals surface area contributed by atoms with Crippen molar-refractivity contribution >= 4 is 0 Å². The van der Waals surface area contributed by atoms with Gasteiger partial charge in [-0.25, -0.2) is 0 Å². The maximum absolute atomic E-state index is 6.02. The maximum atomic E-state index is 6.02. The zero-order valence-electron chi connectivity index (χ0n) is 9.67. The average molecular weight is 239 g/mol. The molecule has 2 fully saturated rings. The van der Waals surface area contributed by atoms with Gasteiger partial charge in [-0.1, -0.05) is 11.6 Å². The lowest BCUT2D eigenvalue weighted by atomic mass is 10.1. The third-order valence-corrected chi connectivity index (χ3v) is 3.45. The van der Waals surface area contributed by atoms with Crippen LogP contribution in [-0.4, -0.2) is 36.0 Å². The van der Waals surface area contributed by atoms with Crippen molar-refractivity contribution in [3.63, 3.8) is 0 Å². The predicted octanol–water partition coefficient (Wildman–Crippen LogP) is 0.752. The number of hydrogen-bond donors (Lipinski definition) is 1. The molecule has 0 amide bonds. The number of nitrogens with zero attached hydrogens (tertiary/aromatic N) is 2. The smallest absolute Gasteiger partial charge is 0.231 e. The van der Waals surface area contributed by atoms with Crippen molar-refractivity contribution in [3.05, 3.63) is 11.7 Å². The molecule has 1 aromatic heterocycles. The Morgan fingerprint density at radius 2 is 2.18 bits per heavy atom. The first-order valence-corrected chi connectivity index (χ1v) is 6.13. The number of rotatable bonds is 2. The normalized spacial score (nSPS) is 34.1. The molecule has 1 saturated heterocycles. The number of hydrogen-bond acceptors (Lipinski definition) is 6. The third-order valence-electron chi connectivity index (χ3n) is 3.45. The summed E-state index contributed by atoms with van der Waals surface area (Å²) in [6.07, 6.45) is 3.00. The molecule has 2 aliphatic rings. The molecular weight excluding hydrogens is 222 g/mol. The molecular formula is C11H17N3O3. The topological polar surface area (TPSA) is 83.4 Å². The Morgan fingerprint density at radius 1 is 1.24 bits per heavy atom. The lowest BCUT2D eigenvalue weighted by Crippen LogP contribution is -2.24. The Balaban J connectivity index is 1.73. The minimum absolute atomic E-state index is 0.145. The molecule has 1 aliphatic carbocycles. The van der Waals surface area contributed by atoms with E-state index < -0.39 is 0 Å². The second-order valence-electron chi connectivity index (χ2n) is 4.63. The first-order valence-electron chi connectivity index (χ1n) is 6.13. The molecule has 1 aromatic rings. The Bertz CT molecular complexity index is 376. The Kier molecular flexibility index (Phi) is 3.09. The summed E-state index contributed by atoms with van der Waals surface area (Å²) in [5, 5.41) is 3.97. The lowest BCUT2D eigenvalue weighted by molar-refractivity contribution is -0.0941. The second-order valence-corrected chi connectivity index (χ2v) is 4.63. The van der Waals surface area contributed by atoms with Gasteiger partial charge in [0, 0.05) is 6.04 Å². The van der Waals surface area contributed by atoms with Crippen molar-refractivity contribution in [2.24, 2.45) is 5.73 Å². The van der Waals surface area contributed by atoms with Crippen molar-refractivity contribution in [3.8, 4) is 0 Å². The van der Waals surface area contributed by atoms with Gasteiger partial charge in [0.25, 0.3) is 0 Å². The monoisotopic (exact) mass is 239 g/mol. The van der Waals surface area contributed by atoms with E-state index in [0.29, 0.717) is 31.5 Å². The van der Waals surface area contributed by atoms with Gasteiger partial charge in [-0.3, -0.25) is 0 Å². The lowest BCUT2D eigenvalue weighted by Gasteiger charge is -2.19. The minimum atomic E-state index is -0.195. The first kappa shape index (κ1) is 11.1. The highest BCUT2D eigenvalue weighted by Gasteiger charge is 2.31. The molecule has 0 spiro atoms.